The molecule has 1 heterocycles. The van der Waals surface area contributed by atoms with Crippen LogP contribution >= 0.6 is 11.5 Å². The van der Waals surface area contributed by atoms with Crippen LogP contribution in [-0.4, -0.2) is 22.2 Å². The van der Waals surface area contributed by atoms with Crippen LogP contribution in [0.2, 0.25) is 0 Å². The van der Waals surface area contributed by atoms with Gasteiger partial charge in [-0.15, -0.1) is 4.33 Å². The molecular formula is C11H20KNO6S2. The van der Waals surface area contributed by atoms with Gasteiger partial charge in [0.2, 0.25) is 10.4 Å². The van der Waals surface area contributed by atoms with Gasteiger partial charge in [-0.05, 0) is 6.42 Å². The van der Waals surface area contributed by atoms with Crippen molar-refractivity contribution in [3.8, 4) is 0 Å². The van der Waals surface area contributed by atoms with E-state index in [-0.39, 0.29) is 56.9 Å². The monoisotopic (exact) mass is 365 g/mol. The quantitative estimate of drug-likeness (QED) is 0.161. The van der Waals surface area contributed by atoms with Crippen molar-refractivity contribution in [1.29, 1.82) is 0 Å². The van der Waals surface area contributed by atoms with E-state index in [9.17, 15) is 4.79 Å². The Balaban J connectivity index is 0. The van der Waals surface area contributed by atoms with Crippen molar-refractivity contribution >= 4 is 21.9 Å². The Hall–Kier alpha value is 0.896. The molecule has 1 rings (SSSR count). The number of hydrogen-bond donors (Lipinski definition) is 1. The Morgan fingerprint density at radius 2 is 1.81 bits per heavy atom. The van der Waals surface area contributed by atoms with Crippen molar-refractivity contribution in [1.82, 2.24) is 3.96 Å². The molecule has 118 valence electrons. The van der Waals surface area contributed by atoms with Crippen molar-refractivity contribution in [2.75, 3.05) is 0 Å². The van der Waals surface area contributed by atoms with Crippen LogP contribution in [0.5, 0.6) is 0 Å². The van der Waals surface area contributed by atoms with Crippen LogP contribution < -0.4 is 56.9 Å². The van der Waals surface area contributed by atoms with Gasteiger partial charge in [-0.3, -0.25) is 8.75 Å². The number of hydrogen-bond acceptors (Lipinski definition) is 7. The number of aryl methyl sites for hydroxylation is 1. The summed E-state index contributed by atoms with van der Waals surface area (Å²) in [6.07, 6.45) is 7.70. The fraction of sp³-hybridized carbons (Fsp3) is 0.727. The van der Waals surface area contributed by atoms with E-state index in [4.69, 9.17) is 18.2 Å². The predicted octanol–water partition coefficient (Wildman–Crippen LogP) is -0.789. The van der Waals surface area contributed by atoms with Gasteiger partial charge in [0.15, 0.2) is 0 Å². The molecule has 0 saturated carbocycles. The van der Waals surface area contributed by atoms with Crippen molar-refractivity contribution in [2.24, 2.45) is 0 Å². The summed E-state index contributed by atoms with van der Waals surface area (Å²) in [7, 11) is -4.86. The van der Waals surface area contributed by atoms with E-state index in [0.29, 0.717) is 0 Å². The average molecular weight is 366 g/mol. The first kappa shape index (κ1) is 24.2. The molecule has 0 bridgehead atoms. The van der Waals surface area contributed by atoms with Gasteiger partial charge in [-0.2, -0.15) is 0 Å². The molecule has 0 saturated heterocycles. The maximum Gasteiger partial charge on any atom is 1.00 e. The van der Waals surface area contributed by atoms with E-state index < -0.39 is 10.4 Å². The summed E-state index contributed by atoms with van der Waals surface area (Å²) in [4.78, 5) is 11.2. The summed E-state index contributed by atoms with van der Waals surface area (Å²) in [5, 5.41) is 8.86. The Labute approximate surface area is 171 Å². The third-order valence-electron chi connectivity index (χ3n) is 2.45. The molecule has 0 fully saturated rings. The van der Waals surface area contributed by atoms with Crippen LogP contribution in [0.3, 0.4) is 0 Å². The SMILES string of the molecule is CCCCCCCCn1sccc1=O.O=S(=O)([O-])OO.[K+]. The van der Waals surface area contributed by atoms with Crippen LogP contribution in [0.4, 0.5) is 0 Å². The molecule has 0 aliphatic heterocycles. The van der Waals surface area contributed by atoms with E-state index in [1.54, 1.807) is 6.07 Å². The first-order chi connectivity index (χ1) is 9.40. The molecule has 0 unspecified atom stereocenters. The molecule has 21 heavy (non-hydrogen) atoms. The van der Waals surface area contributed by atoms with Gasteiger partial charge >= 0.3 is 51.4 Å². The topological polar surface area (TPSA) is 109 Å². The van der Waals surface area contributed by atoms with E-state index in [0.717, 1.165) is 13.0 Å². The van der Waals surface area contributed by atoms with Gasteiger partial charge in [0, 0.05) is 18.0 Å². The summed E-state index contributed by atoms with van der Waals surface area (Å²) in [5.41, 5.74) is 0.156. The van der Waals surface area contributed by atoms with Crippen LogP contribution in [0, 0.1) is 0 Å². The maximum atomic E-state index is 11.2. The largest absolute Gasteiger partial charge is 1.00 e. The van der Waals surface area contributed by atoms with E-state index in [2.05, 4.69) is 11.3 Å². The zero-order valence-corrected chi connectivity index (χ0v) is 17.1. The van der Waals surface area contributed by atoms with E-state index in [1.807, 2.05) is 9.34 Å². The van der Waals surface area contributed by atoms with Crippen LogP contribution in [0.25, 0.3) is 0 Å². The second-order valence-electron chi connectivity index (χ2n) is 4.10. The van der Waals surface area contributed by atoms with Gasteiger partial charge in [0.1, 0.15) is 0 Å². The van der Waals surface area contributed by atoms with Crippen molar-refractivity contribution in [3.05, 3.63) is 21.8 Å². The van der Waals surface area contributed by atoms with Gasteiger partial charge in [0.05, 0.1) is 0 Å². The molecule has 0 radical (unpaired) electrons. The molecule has 10 heteroatoms. The minimum Gasteiger partial charge on any atom is -0.724 e. The molecule has 0 aliphatic rings. The number of aromatic nitrogens is 1. The fourth-order valence-corrected chi connectivity index (χ4v) is 2.22. The zero-order valence-electron chi connectivity index (χ0n) is 12.4. The Kier molecular flexibility index (Phi) is 16.7. The summed E-state index contributed by atoms with van der Waals surface area (Å²) >= 11 is 1.52. The first-order valence-corrected chi connectivity index (χ1v) is 8.51. The van der Waals surface area contributed by atoms with Crippen molar-refractivity contribution < 1.29 is 73.9 Å². The Morgan fingerprint density at radius 3 is 2.24 bits per heavy atom. The molecule has 1 aromatic heterocycles. The van der Waals surface area contributed by atoms with Crippen LogP contribution in [0.1, 0.15) is 45.4 Å². The van der Waals surface area contributed by atoms with Crippen LogP contribution in [-0.2, 0) is 21.3 Å². The Bertz CT molecular complexity index is 499. The fourth-order valence-electron chi connectivity index (χ4n) is 1.50. The second-order valence-corrected chi connectivity index (χ2v) is 5.99. The maximum absolute atomic E-state index is 11.2. The van der Waals surface area contributed by atoms with E-state index in [1.165, 1.54) is 43.6 Å². The molecule has 0 amide bonds. The summed E-state index contributed by atoms with van der Waals surface area (Å²) < 4.78 is 31.1. The molecule has 0 aromatic carbocycles. The molecule has 0 spiro atoms. The smallest absolute Gasteiger partial charge is 0.724 e. The van der Waals surface area contributed by atoms with Gasteiger partial charge in [-0.1, -0.05) is 50.6 Å². The minimum absolute atomic E-state index is 0. The standard InChI is InChI=1S/C11H19NOS.K.H2O5S/c1-2-3-4-5-6-7-9-12-11(13)8-10-14-12;;1-5-6(2,3)4/h8,10H,2-7,9H2,1H3;;1H,(H,2,3,4)/q;+1;/p-1. The molecule has 0 aliphatic carbocycles. The second kappa shape index (κ2) is 14.5. The predicted molar refractivity (Wildman–Crippen MR) is 75.4 cm³/mol. The third kappa shape index (κ3) is 15.6. The summed E-state index contributed by atoms with van der Waals surface area (Å²) in [5.74, 6) is 0. The van der Waals surface area contributed by atoms with Crippen molar-refractivity contribution in [3.63, 3.8) is 0 Å². The summed E-state index contributed by atoms with van der Waals surface area (Å²) in [6.45, 7) is 3.13. The van der Waals surface area contributed by atoms with Gasteiger partial charge < -0.3 is 4.55 Å². The number of rotatable bonds is 8. The van der Waals surface area contributed by atoms with Gasteiger partial charge in [0.25, 0.3) is 5.56 Å². The van der Waals surface area contributed by atoms with Gasteiger partial charge in [-0.25, -0.2) is 13.7 Å². The summed E-state index contributed by atoms with van der Waals surface area (Å²) in [6, 6.07) is 1.64. The third-order valence-corrected chi connectivity index (χ3v) is 3.51. The normalized spacial score (nSPS) is 10.4. The Morgan fingerprint density at radius 1 is 1.29 bits per heavy atom. The molecule has 0 atom stereocenters. The first-order valence-electron chi connectivity index (χ1n) is 6.34. The average Bonchev–Trinajstić information content (AvgIpc) is 2.79. The molecule has 1 N–H and O–H groups in total. The molecule has 1 aromatic rings. The zero-order chi connectivity index (χ0) is 15.4. The number of unbranched alkanes of at least 4 members (excludes halogenated alkanes) is 5. The molecule has 7 nitrogen and oxygen atoms in total. The van der Waals surface area contributed by atoms with E-state index >= 15 is 0 Å². The molecular weight excluding hydrogens is 345 g/mol. The number of nitrogens with zero attached hydrogens (tertiary/aromatic N) is 1. The van der Waals surface area contributed by atoms with Crippen molar-refractivity contribution in [2.45, 2.75) is 52.0 Å². The minimum atomic E-state index is -4.86. The van der Waals surface area contributed by atoms with Crippen LogP contribution in [0.15, 0.2) is 16.2 Å².